The van der Waals surface area contributed by atoms with Crippen molar-refractivity contribution in [1.82, 2.24) is 0 Å². The van der Waals surface area contributed by atoms with Gasteiger partial charge in [-0.05, 0) is 0 Å². The van der Waals surface area contributed by atoms with Crippen molar-refractivity contribution < 1.29 is 27.8 Å². The van der Waals surface area contributed by atoms with E-state index in [1.807, 2.05) is 6.92 Å². The zero-order chi connectivity index (χ0) is 20.0. The Morgan fingerprint density at radius 2 is 1.73 bits per heavy atom. The zero-order valence-electron chi connectivity index (χ0n) is 15.6. The van der Waals surface area contributed by atoms with Gasteiger partial charge in [-0.25, -0.2) is 0 Å². The Morgan fingerprint density at radius 1 is 1.12 bits per heavy atom. The first-order chi connectivity index (χ1) is 12.1. The summed E-state index contributed by atoms with van der Waals surface area (Å²) in [7, 11) is 1.31. The van der Waals surface area contributed by atoms with E-state index in [2.05, 4.69) is 0 Å². The predicted molar refractivity (Wildman–Crippen MR) is 91.9 cm³/mol. The molecule has 26 heavy (non-hydrogen) atoms. The summed E-state index contributed by atoms with van der Waals surface area (Å²) in [5.74, 6) is -0.838. The minimum atomic E-state index is -1.89. The molecule has 1 unspecified atom stereocenters. The number of ether oxygens (including phenoxy) is 2. The third kappa shape index (κ3) is 5.19. The third-order valence-corrected chi connectivity index (χ3v) is 6.77. The maximum atomic E-state index is 12.7. The van der Waals surface area contributed by atoms with Gasteiger partial charge in [0.2, 0.25) is 0 Å². The van der Waals surface area contributed by atoms with E-state index in [1.165, 1.54) is 7.11 Å². The molecule has 0 aliphatic carbocycles. The summed E-state index contributed by atoms with van der Waals surface area (Å²) in [6.45, 7) is 5.45. The fourth-order valence-corrected chi connectivity index (χ4v) is 4.57. The normalized spacial score (nSPS) is 13.3. The Bertz CT molecular complexity index is 684. The molecule has 7 heteroatoms. The van der Waals surface area contributed by atoms with Crippen molar-refractivity contribution in [2.24, 2.45) is 10.8 Å². The molecule has 0 bridgehead atoms. The Hall–Kier alpha value is -3.11. The van der Waals surface area contributed by atoms with Crippen LogP contribution in [0.25, 0.3) is 0 Å². The van der Waals surface area contributed by atoms with E-state index in [-0.39, 0.29) is 13.0 Å². The fraction of sp³-hybridized carbons (Fsp3) is 0.526. The summed E-state index contributed by atoms with van der Waals surface area (Å²) in [6, 6.07) is 7.36. The molecule has 0 aliphatic rings. The van der Waals surface area contributed by atoms with Crippen LogP contribution in [-0.4, -0.2) is 26.0 Å². The van der Waals surface area contributed by atoms with E-state index in [0.717, 1.165) is 0 Å². The standard InChI is InChI=1S/C18H25O4.CF2.Cf/c1-6-18(4,13-17(2,3)15(19)21-5)16(20)22-12-14-10-8-7-9-11-14;2-1-3;/h7-10H,6,12-13H2,1-5H3;;. The first-order valence-corrected chi connectivity index (χ1v) is 10.8. The van der Waals surface area contributed by atoms with Gasteiger partial charge in [-0.15, -0.1) is 0 Å². The third-order valence-electron chi connectivity index (χ3n) is 4.27. The molecule has 0 amide bonds. The van der Waals surface area contributed by atoms with Crippen molar-refractivity contribution in [2.75, 3.05) is 7.11 Å². The quantitative estimate of drug-likeness (QED) is 0.426. The molecule has 4 nitrogen and oxygen atoms in total. The monoisotopic (exact) mass is 604 g/mol. The van der Waals surface area contributed by atoms with Crippen molar-refractivity contribution in [1.29, 1.82) is 0 Å². The van der Waals surface area contributed by atoms with Gasteiger partial charge in [0, 0.05) is 0 Å². The van der Waals surface area contributed by atoms with Crippen molar-refractivity contribution in [3.05, 3.63) is 29.8 Å². The van der Waals surface area contributed by atoms with Gasteiger partial charge in [-0.2, -0.15) is 0 Å². The van der Waals surface area contributed by atoms with Crippen LogP contribution in [0.15, 0.2) is 24.3 Å². The van der Waals surface area contributed by atoms with Crippen molar-refractivity contribution >= 4 is 24.9 Å². The van der Waals surface area contributed by atoms with Crippen LogP contribution in [0.1, 0.15) is 46.1 Å². The molecule has 1 atom stereocenters. The zero-order valence-corrected chi connectivity index (χ0v) is 18.3. The van der Waals surface area contributed by atoms with Crippen molar-refractivity contribution in [3.8, 4) is 0 Å². The second kappa shape index (κ2) is 8.32. The van der Waals surface area contributed by atoms with Gasteiger partial charge in [-0.3, -0.25) is 0 Å². The summed E-state index contributed by atoms with van der Waals surface area (Å²) in [4.78, 5) is 24.6. The van der Waals surface area contributed by atoms with Crippen LogP contribution in [0, 0.1) is 10.8 Å². The summed E-state index contributed by atoms with van der Waals surface area (Å²) < 4.78 is 33.7. The predicted octanol–water partition coefficient (Wildman–Crippen LogP) is 3.47. The number of carbonyl (C=O) groups excluding carboxylic acids is 2. The molecule has 149 valence electrons. The average molecular weight is 606 g/mol. The van der Waals surface area contributed by atoms with E-state index in [9.17, 15) is 18.4 Å². The molecule has 0 radical (unpaired) electrons. The Kier molecular flexibility index (Phi) is 6.70. The Labute approximate surface area is 148 Å². The topological polar surface area (TPSA) is 52.6 Å². The van der Waals surface area contributed by atoms with E-state index >= 15 is 0 Å². The minimum absolute atomic E-state index is 0.0498. The molecule has 0 spiro atoms. The molecule has 0 saturated carbocycles. The molecule has 1 rings (SSSR count). The molecule has 0 saturated heterocycles. The van der Waals surface area contributed by atoms with E-state index in [1.54, 1.807) is 45.0 Å². The van der Waals surface area contributed by atoms with Gasteiger partial charge in [0.1, 0.15) is 0 Å². The maximum absolute atomic E-state index is 12.7. The first-order valence-electron chi connectivity index (χ1n) is 8.16. The number of hydrogen-bond acceptors (Lipinski definition) is 4. The van der Waals surface area contributed by atoms with Crippen LogP contribution in [0.5, 0.6) is 0 Å². The number of hydrogen-bond donors (Lipinski definition) is 0. The van der Waals surface area contributed by atoms with Crippen LogP contribution >= 0.6 is 0 Å². The van der Waals surface area contributed by atoms with E-state index < -0.39 is 29.7 Å². The van der Waals surface area contributed by atoms with Crippen molar-refractivity contribution in [2.45, 2.75) is 47.1 Å². The van der Waals surface area contributed by atoms with E-state index in [0.29, 0.717) is 18.1 Å². The average Bonchev–Trinajstić information content (AvgIpc) is 2.58. The van der Waals surface area contributed by atoms with Gasteiger partial charge in [0.05, 0.1) is 0 Å². The van der Waals surface area contributed by atoms with Gasteiger partial charge in [-0.1, -0.05) is 0 Å². The number of halogens is 2. The molecule has 0 aliphatic heterocycles. The number of benzene rings is 1. The Balaban J connectivity index is 2.92. The first kappa shape index (κ1) is 20.9. The number of rotatable bonds is 8. The van der Waals surface area contributed by atoms with Crippen molar-refractivity contribution in [3.63, 3.8) is 0 Å². The Morgan fingerprint density at radius 3 is 2.27 bits per heavy atom. The van der Waals surface area contributed by atoms with Gasteiger partial charge in [0.25, 0.3) is 0 Å². The van der Waals surface area contributed by atoms with Crippen LogP contribution in [0.4, 0.5) is 8.78 Å². The molecular weight excluding hydrogens is 581 g/mol. The second-order valence-corrected chi connectivity index (χ2v) is 9.94. The molecule has 0 aromatic heterocycles. The summed E-state index contributed by atoms with van der Waals surface area (Å²) in [5, 5.41) is 0. The van der Waals surface area contributed by atoms with Crippen LogP contribution in [-0.2, 0) is 25.7 Å². The summed E-state index contributed by atoms with van der Waals surface area (Å²) >= 11 is 0. The molecular formula is C19H25CfF2O4. The van der Waals surface area contributed by atoms with Gasteiger partial charge < -0.3 is 0 Å². The number of methoxy groups -OCH3 is 1. The number of carbonyl (C=O) groups is 2. The van der Waals surface area contributed by atoms with Crippen LogP contribution in [0.3, 0.4) is 0 Å². The van der Waals surface area contributed by atoms with Crippen LogP contribution < -0.4 is 6.07 Å². The molecule has 1 aromatic rings. The fourth-order valence-electron chi connectivity index (χ4n) is 2.72. The van der Waals surface area contributed by atoms with Crippen LogP contribution in [0.2, 0.25) is 0 Å². The summed E-state index contributed by atoms with van der Waals surface area (Å²) in [5.41, 5.74) is -1.10. The summed E-state index contributed by atoms with van der Waals surface area (Å²) in [6.07, 6.45) is 0.752. The molecule has 1 aromatic carbocycles. The molecule has 0 fully saturated rings. The molecule has 0 heterocycles. The van der Waals surface area contributed by atoms with Gasteiger partial charge in [0.15, 0.2) is 0 Å². The second-order valence-electron chi connectivity index (χ2n) is 6.87. The number of esters is 2. The van der Waals surface area contributed by atoms with Gasteiger partial charge >= 0.3 is 148 Å². The SMILES string of the molecule is CCC(C)(CC(C)(C)C(=O)OC)C(=O)OCc1cccc[c]1[Cf]=[C](F)F. The van der Waals surface area contributed by atoms with E-state index in [4.69, 9.17) is 9.47 Å². The molecule has 0 N–H and O–H groups in total.